The molecule has 0 fully saturated rings. The van der Waals surface area contributed by atoms with Gasteiger partial charge in [-0.15, -0.1) is 0 Å². The molecule has 1 aromatic carbocycles. The monoisotopic (exact) mass is 260 g/mol. The summed E-state index contributed by atoms with van der Waals surface area (Å²) in [7, 11) is 1.63. The fourth-order valence-corrected chi connectivity index (χ4v) is 2.59. The summed E-state index contributed by atoms with van der Waals surface area (Å²) in [5, 5.41) is 12.6. The summed E-state index contributed by atoms with van der Waals surface area (Å²) in [4.78, 5) is 0. The molecule has 3 nitrogen and oxygen atoms in total. The topological polar surface area (TPSA) is 45.0 Å². The van der Waals surface area contributed by atoms with Crippen LogP contribution in [0.4, 0.5) is 5.69 Å². The van der Waals surface area contributed by atoms with Crippen LogP contribution in [-0.4, -0.2) is 12.6 Å². The average Bonchev–Trinajstić information content (AvgIpc) is 2.24. The van der Waals surface area contributed by atoms with Crippen molar-refractivity contribution in [2.45, 2.75) is 46.6 Å². The van der Waals surface area contributed by atoms with Gasteiger partial charge in [-0.2, -0.15) is 5.26 Å². The minimum atomic E-state index is -0.0871. The molecule has 0 saturated heterocycles. The van der Waals surface area contributed by atoms with Crippen molar-refractivity contribution in [2.75, 3.05) is 12.4 Å². The van der Waals surface area contributed by atoms with E-state index in [0.29, 0.717) is 5.56 Å². The van der Waals surface area contributed by atoms with Crippen LogP contribution in [0.25, 0.3) is 0 Å². The van der Waals surface area contributed by atoms with Crippen LogP contribution < -0.4 is 10.1 Å². The molecule has 1 rings (SSSR count). The summed E-state index contributed by atoms with van der Waals surface area (Å²) < 4.78 is 5.22. The molecular formula is C16H24N2O. The molecule has 0 radical (unpaired) electrons. The Morgan fingerprint density at radius 1 is 1.21 bits per heavy atom. The first-order chi connectivity index (χ1) is 8.67. The average molecular weight is 260 g/mol. The van der Waals surface area contributed by atoms with Gasteiger partial charge in [0.2, 0.25) is 0 Å². The first-order valence-electron chi connectivity index (χ1n) is 6.53. The zero-order valence-electron chi connectivity index (χ0n) is 12.8. The number of nitriles is 1. The maximum absolute atomic E-state index is 9.18. The molecule has 0 aromatic heterocycles. The summed E-state index contributed by atoms with van der Waals surface area (Å²) in [5.41, 5.74) is 1.61. The third-order valence-corrected chi connectivity index (χ3v) is 2.79. The van der Waals surface area contributed by atoms with E-state index in [1.54, 1.807) is 19.2 Å². The van der Waals surface area contributed by atoms with Crippen LogP contribution in [-0.2, 0) is 0 Å². The van der Waals surface area contributed by atoms with Crippen molar-refractivity contribution < 1.29 is 4.74 Å². The van der Waals surface area contributed by atoms with Crippen molar-refractivity contribution >= 4 is 5.69 Å². The molecule has 19 heavy (non-hydrogen) atoms. The summed E-state index contributed by atoms with van der Waals surface area (Å²) in [6.45, 7) is 10.9. The molecule has 0 aliphatic heterocycles. The predicted octanol–water partition coefficient (Wildman–Crippen LogP) is 4.19. The third kappa shape index (κ3) is 4.82. The summed E-state index contributed by atoms with van der Waals surface area (Å²) in [6.07, 6.45) is 1.00. The Kier molecular flexibility index (Phi) is 4.47. The number of rotatable bonds is 4. The number of nitrogens with zero attached hydrogens (tertiary/aromatic N) is 1. The standard InChI is InChI=1S/C16H24N2O/c1-15(2,3)11-16(4,5)18-14-9-13(19-6)8-7-12(14)10-17/h7-9,18H,11H2,1-6H3. The van der Waals surface area contributed by atoms with Gasteiger partial charge in [0.25, 0.3) is 0 Å². The van der Waals surface area contributed by atoms with Crippen LogP contribution in [0.5, 0.6) is 5.75 Å². The number of nitrogens with one attached hydrogen (secondary N) is 1. The Labute approximate surface area is 116 Å². The van der Waals surface area contributed by atoms with Gasteiger partial charge >= 0.3 is 0 Å². The van der Waals surface area contributed by atoms with Gasteiger partial charge in [-0.05, 0) is 37.8 Å². The second-order valence-corrected chi connectivity index (χ2v) is 6.77. The van der Waals surface area contributed by atoms with Crippen LogP contribution in [0.1, 0.15) is 46.6 Å². The van der Waals surface area contributed by atoms with Gasteiger partial charge in [-0.3, -0.25) is 0 Å². The number of benzene rings is 1. The molecule has 0 unspecified atom stereocenters. The minimum absolute atomic E-state index is 0.0871. The Bertz CT molecular complexity index is 479. The van der Waals surface area contributed by atoms with Gasteiger partial charge < -0.3 is 10.1 Å². The Morgan fingerprint density at radius 2 is 1.84 bits per heavy atom. The predicted molar refractivity (Wildman–Crippen MR) is 79.5 cm³/mol. The maximum atomic E-state index is 9.18. The zero-order valence-corrected chi connectivity index (χ0v) is 12.8. The molecule has 3 heteroatoms. The van der Waals surface area contributed by atoms with Crippen molar-refractivity contribution in [2.24, 2.45) is 5.41 Å². The highest BCUT2D eigenvalue weighted by Gasteiger charge is 2.26. The van der Waals surface area contributed by atoms with Crippen LogP contribution in [0.2, 0.25) is 0 Å². The van der Waals surface area contributed by atoms with Crippen LogP contribution in [0.15, 0.2) is 18.2 Å². The largest absolute Gasteiger partial charge is 0.497 e. The highest BCUT2D eigenvalue weighted by atomic mass is 16.5. The number of ether oxygens (including phenoxy) is 1. The summed E-state index contributed by atoms with van der Waals surface area (Å²) >= 11 is 0. The van der Waals surface area contributed by atoms with Crippen molar-refractivity contribution in [3.05, 3.63) is 23.8 Å². The van der Waals surface area contributed by atoms with Gasteiger partial charge in [0.1, 0.15) is 11.8 Å². The molecule has 0 bridgehead atoms. The molecule has 1 aromatic rings. The van der Waals surface area contributed by atoms with Crippen LogP contribution in [0, 0.1) is 16.7 Å². The maximum Gasteiger partial charge on any atom is 0.121 e. The van der Waals surface area contributed by atoms with Crippen molar-refractivity contribution in [1.82, 2.24) is 0 Å². The van der Waals surface area contributed by atoms with E-state index in [-0.39, 0.29) is 11.0 Å². The number of methoxy groups -OCH3 is 1. The lowest BCUT2D eigenvalue weighted by Gasteiger charge is -2.34. The first-order valence-corrected chi connectivity index (χ1v) is 6.53. The fraction of sp³-hybridized carbons (Fsp3) is 0.562. The molecule has 0 aliphatic rings. The molecular weight excluding hydrogens is 236 g/mol. The van der Waals surface area contributed by atoms with E-state index in [1.807, 2.05) is 6.07 Å². The van der Waals surface area contributed by atoms with E-state index in [2.05, 4.69) is 46.0 Å². The molecule has 0 amide bonds. The van der Waals surface area contributed by atoms with Crippen molar-refractivity contribution in [3.8, 4) is 11.8 Å². The van der Waals surface area contributed by atoms with Gasteiger partial charge in [-0.25, -0.2) is 0 Å². The van der Waals surface area contributed by atoms with Gasteiger partial charge in [0.15, 0.2) is 0 Å². The SMILES string of the molecule is COc1ccc(C#N)c(NC(C)(C)CC(C)(C)C)c1. The fourth-order valence-electron chi connectivity index (χ4n) is 2.59. The molecule has 0 saturated carbocycles. The Morgan fingerprint density at radius 3 is 2.32 bits per heavy atom. The number of anilines is 1. The molecule has 0 spiro atoms. The van der Waals surface area contributed by atoms with E-state index < -0.39 is 0 Å². The molecule has 1 N–H and O–H groups in total. The number of hydrogen-bond acceptors (Lipinski definition) is 3. The summed E-state index contributed by atoms with van der Waals surface area (Å²) in [5.74, 6) is 0.757. The highest BCUT2D eigenvalue weighted by Crippen LogP contribution is 2.31. The summed E-state index contributed by atoms with van der Waals surface area (Å²) in [6, 6.07) is 7.68. The number of hydrogen-bond donors (Lipinski definition) is 1. The second kappa shape index (κ2) is 5.52. The van der Waals surface area contributed by atoms with Crippen molar-refractivity contribution in [3.63, 3.8) is 0 Å². The second-order valence-electron chi connectivity index (χ2n) is 6.77. The van der Waals surface area contributed by atoms with Gasteiger partial charge in [0, 0.05) is 11.6 Å². The normalized spacial score (nSPS) is 11.8. The zero-order chi connectivity index (χ0) is 14.7. The van der Waals surface area contributed by atoms with E-state index in [4.69, 9.17) is 4.74 Å². The third-order valence-electron chi connectivity index (χ3n) is 2.79. The lowest BCUT2D eigenvalue weighted by atomic mass is 9.81. The molecule has 104 valence electrons. The van der Waals surface area contributed by atoms with Crippen LogP contribution >= 0.6 is 0 Å². The molecule has 0 aliphatic carbocycles. The van der Waals surface area contributed by atoms with E-state index in [1.165, 1.54) is 0 Å². The first kappa shape index (κ1) is 15.4. The highest BCUT2D eigenvalue weighted by molar-refractivity contribution is 5.61. The minimum Gasteiger partial charge on any atom is -0.497 e. The Balaban J connectivity index is 3.01. The lowest BCUT2D eigenvalue weighted by Crippen LogP contribution is -2.35. The van der Waals surface area contributed by atoms with E-state index in [0.717, 1.165) is 17.9 Å². The molecule has 0 heterocycles. The van der Waals surface area contributed by atoms with Crippen molar-refractivity contribution in [1.29, 1.82) is 5.26 Å². The Hall–Kier alpha value is -1.69. The van der Waals surface area contributed by atoms with Crippen LogP contribution in [0.3, 0.4) is 0 Å². The quantitative estimate of drug-likeness (QED) is 0.882. The lowest BCUT2D eigenvalue weighted by molar-refractivity contribution is 0.302. The molecule has 0 atom stereocenters. The van der Waals surface area contributed by atoms with E-state index in [9.17, 15) is 5.26 Å². The smallest absolute Gasteiger partial charge is 0.121 e. The van der Waals surface area contributed by atoms with Gasteiger partial charge in [0.05, 0.1) is 18.4 Å². The van der Waals surface area contributed by atoms with Gasteiger partial charge in [-0.1, -0.05) is 20.8 Å². The van der Waals surface area contributed by atoms with E-state index >= 15 is 0 Å².